The maximum atomic E-state index is 6.26. The van der Waals surface area contributed by atoms with Crippen molar-refractivity contribution in [3.8, 4) is 55.6 Å². The summed E-state index contributed by atoms with van der Waals surface area (Å²) in [6.45, 7) is 0. The standard InChI is InChI=1S/C54H37NO/c1-3-17-38(18-4-1)41-21-15-22-43(37-41)55(42-35-33-40(34-36-42)45-29-16-32-53-54(45)50-28-12-14-31-52(50)56-53)51-30-13-11-27-49(51)48-26-10-9-25-47(48)46-24-8-7-23-44(46)39-19-5-2-6-20-39/h1-37H. The highest BCUT2D eigenvalue weighted by Crippen LogP contribution is 2.46. The molecule has 9 aromatic carbocycles. The average molecular weight is 716 g/mol. The summed E-state index contributed by atoms with van der Waals surface area (Å²) < 4.78 is 6.26. The van der Waals surface area contributed by atoms with Crippen molar-refractivity contribution in [2.24, 2.45) is 0 Å². The summed E-state index contributed by atoms with van der Waals surface area (Å²) in [6, 6.07) is 80.1. The zero-order chi connectivity index (χ0) is 37.3. The lowest BCUT2D eigenvalue weighted by Crippen LogP contribution is -2.11. The molecule has 2 nitrogen and oxygen atoms in total. The lowest BCUT2D eigenvalue weighted by molar-refractivity contribution is 0.669. The predicted octanol–water partition coefficient (Wildman–Crippen LogP) is 15.4. The second-order valence-corrected chi connectivity index (χ2v) is 14.0. The molecule has 0 bridgehead atoms. The van der Waals surface area contributed by atoms with Crippen molar-refractivity contribution in [3.63, 3.8) is 0 Å². The maximum absolute atomic E-state index is 6.26. The van der Waals surface area contributed by atoms with Crippen LogP contribution in [-0.4, -0.2) is 0 Å². The molecule has 56 heavy (non-hydrogen) atoms. The maximum Gasteiger partial charge on any atom is 0.136 e. The van der Waals surface area contributed by atoms with Crippen molar-refractivity contribution in [1.29, 1.82) is 0 Å². The molecule has 0 radical (unpaired) electrons. The van der Waals surface area contributed by atoms with Crippen molar-refractivity contribution in [3.05, 3.63) is 224 Å². The molecule has 0 spiro atoms. The minimum atomic E-state index is 0.897. The molecular weight excluding hydrogens is 679 g/mol. The van der Waals surface area contributed by atoms with E-state index >= 15 is 0 Å². The van der Waals surface area contributed by atoms with Gasteiger partial charge >= 0.3 is 0 Å². The Morgan fingerprint density at radius 2 is 0.786 bits per heavy atom. The zero-order valence-corrected chi connectivity index (χ0v) is 30.7. The van der Waals surface area contributed by atoms with Crippen LogP contribution in [0.3, 0.4) is 0 Å². The fourth-order valence-corrected chi connectivity index (χ4v) is 8.12. The Labute approximate surface area is 327 Å². The summed E-state index contributed by atoms with van der Waals surface area (Å²) in [7, 11) is 0. The van der Waals surface area contributed by atoms with Crippen molar-refractivity contribution >= 4 is 39.0 Å². The first-order valence-corrected chi connectivity index (χ1v) is 19.1. The third kappa shape index (κ3) is 6.04. The Bertz CT molecular complexity index is 2960. The number of para-hydroxylation sites is 2. The number of rotatable bonds is 8. The number of benzene rings is 9. The van der Waals surface area contributed by atoms with Gasteiger partial charge in [0.05, 0.1) is 5.69 Å². The summed E-state index contributed by atoms with van der Waals surface area (Å²) in [4.78, 5) is 2.40. The Hall–Kier alpha value is -7.42. The molecule has 0 saturated heterocycles. The van der Waals surface area contributed by atoms with Gasteiger partial charge in [-0.25, -0.2) is 0 Å². The SMILES string of the molecule is c1ccc(-c2cccc(N(c3ccc(-c4cccc5oc6ccccc6c45)cc3)c3ccccc3-c3ccccc3-c3ccccc3-c3ccccc3)c2)cc1. The summed E-state index contributed by atoms with van der Waals surface area (Å²) in [5.41, 5.74) is 16.8. The molecule has 0 N–H and O–H groups in total. The van der Waals surface area contributed by atoms with Crippen LogP contribution >= 0.6 is 0 Å². The van der Waals surface area contributed by atoms with Crippen LogP contribution in [0.2, 0.25) is 0 Å². The number of hydrogen-bond acceptors (Lipinski definition) is 2. The Morgan fingerprint density at radius 1 is 0.286 bits per heavy atom. The summed E-state index contributed by atoms with van der Waals surface area (Å²) in [5, 5.41) is 2.27. The summed E-state index contributed by atoms with van der Waals surface area (Å²) >= 11 is 0. The molecular formula is C54H37NO. The van der Waals surface area contributed by atoms with Crippen molar-refractivity contribution in [2.75, 3.05) is 4.90 Å². The van der Waals surface area contributed by atoms with Crippen molar-refractivity contribution < 1.29 is 4.42 Å². The van der Waals surface area contributed by atoms with Gasteiger partial charge in [-0.05, 0) is 92.5 Å². The van der Waals surface area contributed by atoms with E-state index in [1.165, 1.54) is 33.4 Å². The summed E-state index contributed by atoms with van der Waals surface area (Å²) in [6.07, 6.45) is 0. The van der Waals surface area contributed by atoms with Gasteiger partial charge in [-0.1, -0.05) is 182 Å². The van der Waals surface area contributed by atoms with Gasteiger partial charge in [-0.15, -0.1) is 0 Å². The Balaban J connectivity index is 1.15. The molecule has 10 rings (SSSR count). The first-order valence-electron chi connectivity index (χ1n) is 19.1. The van der Waals surface area contributed by atoms with Gasteiger partial charge < -0.3 is 9.32 Å². The van der Waals surface area contributed by atoms with Crippen LogP contribution in [0.4, 0.5) is 17.1 Å². The molecule has 2 heteroatoms. The average Bonchev–Trinajstić information content (AvgIpc) is 3.67. The predicted molar refractivity (Wildman–Crippen MR) is 236 cm³/mol. The quantitative estimate of drug-likeness (QED) is 0.156. The fourth-order valence-electron chi connectivity index (χ4n) is 8.12. The second kappa shape index (κ2) is 14.4. The van der Waals surface area contributed by atoms with E-state index < -0.39 is 0 Å². The first kappa shape index (κ1) is 33.2. The highest BCUT2D eigenvalue weighted by molar-refractivity contribution is 6.12. The topological polar surface area (TPSA) is 16.4 Å². The summed E-state index contributed by atoms with van der Waals surface area (Å²) in [5.74, 6) is 0. The van der Waals surface area contributed by atoms with Crippen LogP contribution in [0.25, 0.3) is 77.6 Å². The minimum absolute atomic E-state index is 0.897. The van der Waals surface area contributed by atoms with Gasteiger partial charge in [0.15, 0.2) is 0 Å². The first-order chi connectivity index (χ1) is 27.8. The highest BCUT2D eigenvalue weighted by atomic mass is 16.3. The number of hydrogen-bond donors (Lipinski definition) is 0. The van der Waals surface area contributed by atoms with Gasteiger partial charge in [-0.2, -0.15) is 0 Å². The van der Waals surface area contributed by atoms with Gasteiger partial charge in [-0.3, -0.25) is 0 Å². The number of fused-ring (bicyclic) bond motifs is 3. The van der Waals surface area contributed by atoms with Crippen LogP contribution in [0.5, 0.6) is 0 Å². The van der Waals surface area contributed by atoms with E-state index in [0.717, 1.165) is 61.3 Å². The third-order valence-corrected chi connectivity index (χ3v) is 10.7. The number of nitrogens with zero attached hydrogens (tertiary/aromatic N) is 1. The van der Waals surface area contributed by atoms with E-state index in [-0.39, 0.29) is 0 Å². The smallest absolute Gasteiger partial charge is 0.136 e. The molecule has 264 valence electrons. The normalized spacial score (nSPS) is 11.2. The molecule has 0 atom stereocenters. The fraction of sp³-hybridized carbons (Fsp3) is 0. The molecule has 0 unspecified atom stereocenters. The van der Waals surface area contributed by atoms with E-state index in [9.17, 15) is 0 Å². The third-order valence-electron chi connectivity index (χ3n) is 10.7. The lowest BCUT2D eigenvalue weighted by Gasteiger charge is -2.29. The Kier molecular flexibility index (Phi) is 8.55. The second-order valence-electron chi connectivity index (χ2n) is 14.0. The number of anilines is 3. The monoisotopic (exact) mass is 715 g/mol. The van der Waals surface area contributed by atoms with E-state index in [4.69, 9.17) is 4.42 Å². The van der Waals surface area contributed by atoms with E-state index in [1.807, 2.05) is 12.1 Å². The molecule has 0 aliphatic rings. The van der Waals surface area contributed by atoms with E-state index in [2.05, 4.69) is 217 Å². The zero-order valence-electron chi connectivity index (χ0n) is 30.7. The van der Waals surface area contributed by atoms with Gasteiger partial charge in [0, 0.05) is 27.7 Å². The molecule has 0 amide bonds. The van der Waals surface area contributed by atoms with Crippen molar-refractivity contribution in [1.82, 2.24) is 0 Å². The molecule has 0 aliphatic heterocycles. The van der Waals surface area contributed by atoms with Crippen LogP contribution in [0, 0.1) is 0 Å². The van der Waals surface area contributed by atoms with E-state index in [1.54, 1.807) is 0 Å². The van der Waals surface area contributed by atoms with Crippen LogP contribution in [0.15, 0.2) is 229 Å². The minimum Gasteiger partial charge on any atom is -0.456 e. The lowest BCUT2D eigenvalue weighted by atomic mass is 9.88. The van der Waals surface area contributed by atoms with Crippen molar-refractivity contribution in [2.45, 2.75) is 0 Å². The molecule has 1 aromatic heterocycles. The van der Waals surface area contributed by atoms with Crippen LogP contribution < -0.4 is 4.90 Å². The van der Waals surface area contributed by atoms with Gasteiger partial charge in [0.2, 0.25) is 0 Å². The molecule has 0 fully saturated rings. The highest BCUT2D eigenvalue weighted by Gasteiger charge is 2.21. The largest absolute Gasteiger partial charge is 0.456 e. The molecule has 0 saturated carbocycles. The molecule has 0 aliphatic carbocycles. The molecule has 10 aromatic rings. The Morgan fingerprint density at radius 3 is 1.54 bits per heavy atom. The van der Waals surface area contributed by atoms with Crippen LogP contribution in [-0.2, 0) is 0 Å². The van der Waals surface area contributed by atoms with E-state index in [0.29, 0.717) is 0 Å². The number of furan rings is 1. The van der Waals surface area contributed by atoms with Gasteiger partial charge in [0.25, 0.3) is 0 Å². The van der Waals surface area contributed by atoms with Crippen LogP contribution in [0.1, 0.15) is 0 Å². The van der Waals surface area contributed by atoms with Gasteiger partial charge in [0.1, 0.15) is 11.2 Å². The molecule has 1 heterocycles.